The van der Waals surface area contributed by atoms with E-state index in [-0.39, 0.29) is 0 Å². The number of nitriles is 1. The van der Waals surface area contributed by atoms with Gasteiger partial charge in [0, 0.05) is 37.6 Å². The monoisotopic (exact) mass is 271 g/mol. The lowest BCUT2D eigenvalue weighted by Crippen LogP contribution is -2.36. The van der Waals surface area contributed by atoms with Crippen molar-refractivity contribution in [2.24, 2.45) is 0 Å². The van der Waals surface area contributed by atoms with Crippen LogP contribution in [0.15, 0.2) is 18.2 Å². The molecule has 0 unspecified atom stereocenters. The van der Waals surface area contributed by atoms with E-state index in [1.165, 1.54) is 24.9 Å². The molecule has 3 rings (SSSR count). The first-order chi connectivity index (χ1) is 9.86. The van der Waals surface area contributed by atoms with Gasteiger partial charge in [-0.25, -0.2) is 0 Å². The van der Waals surface area contributed by atoms with Crippen LogP contribution in [0.4, 0.5) is 11.4 Å². The van der Waals surface area contributed by atoms with Crippen LogP contribution in [-0.2, 0) is 4.74 Å². The molecule has 4 heteroatoms. The molecule has 0 atom stereocenters. The van der Waals surface area contributed by atoms with Gasteiger partial charge in [0.05, 0.1) is 24.8 Å². The average molecular weight is 271 g/mol. The third-order valence-corrected chi connectivity index (χ3v) is 4.13. The summed E-state index contributed by atoms with van der Waals surface area (Å²) < 4.78 is 5.41. The predicted molar refractivity (Wildman–Crippen MR) is 80.3 cm³/mol. The smallest absolute Gasteiger partial charge is 0.0993 e. The first kappa shape index (κ1) is 13.3. The molecule has 2 heterocycles. The standard InChI is InChI=1S/C16H21N3O/c17-13-14-10-15(18-4-2-1-3-5-18)12-16(11-14)19-6-8-20-9-7-19/h10-12H,1-9H2. The lowest BCUT2D eigenvalue weighted by atomic mass is 10.1. The van der Waals surface area contributed by atoms with E-state index in [2.05, 4.69) is 21.9 Å². The van der Waals surface area contributed by atoms with Gasteiger partial charge in [-0.3, -0.25) is 0 Å². The number of morpholine rings is 1. The van der Waals surface area contributed by atoms with E-state index in [9.17, 15) is 5.26 Å². The molecule has 106 valence electrons. The molecule has 2 aliphatic heterocycles. The van der Waals surface area contributed by atoms with Crippen molar-refractivity contribution in [3.63, 3.8) is 0 Å². The summed E-state index contributed by atoms with van der Waals surface area (Å²) in [7, 11) is 0. The maximum Gasteiger partial charge on any atom is 0.0993 e. The molecule has 2 fully saturated rings. The molecule has 2 saturated heterocycles. The molecule has 20 heavy (non-hydrogen) atoms. The third kappa shape index (κ3) is 2.88. The fourth-order valence-electron chi connectivity index (χ4n) is 3.00. The molecule has 1 aromatic rings. The van der Waals surface area contributed by atoms with Gasteiger partial charge in [-0.2, -0.15) is 5.26 Å². The van der Waals surface area contributed by atoms with Gasteiger partial charge in [-0.05, 0) is 37.5 Å². The third-order valence-electron chi connectivity index (χ3n) is 4.13. The minimum atomic E-state index is 0.759. The van der Waals surface area contributed by atoms with E-state index >= 15 is 0 Å². The largest absolute Gasteiger partial charge is 0.378 e. The Morgan fingerprint density at radius 2 is 1.45 bits per heavy atom. The zero-order valence-corrected chi connectivity index (χ0v) is 11.8. The molecule has 0 saturated carbocycles. The number of anilines is 2. The van der Waals surface area contributed by atoms with Crippen LogP contribution in [0.5, 0.6) is 0 Å². The highest BCUT2D eigenvalue weighted by Crippen LogP contribution is 2.27. The second-order valence-electron chi connectivity index (χ2n) is 5.50. The van der Waals surface area contributed by atoms with E-state index in [4.69, 9.17) is 4.74 Å². The van der Waals surface area contributed by atoms with Crippen LogP contribution in [0.2, 0.25) is 0 Å². The zero-order valence-electron chi connectivity index (χ0n) is 11.8. The number of piperidine rings is 1. The lowest BCUT2D eigenvalue weighted by molar-refractivity contribution is 0.122. The Morgan fingerprint density at radius 3 is 2.05 bits per heavy atom. The van der Waals surface area contributed by atoms with Crippen molar-refractivity contribution in [1.82, 2.24) is 0 Å². The maximum atomic E-state index is 9.27. The summed E-state index contributed by atoms with van der Waals surface area (Å²) in [4.78, 5) is 4.73. The van der Waals surface area contributed by atoms with Crippen molar-refractivity contribution in [1.29, 1.82) is 5.26 Å². The molecule has 0 radical (unpaired) electrons. The number of benzene rings is 1. The average Bonchev–Trinajstić information content (AvgIpc) is 2.56. The van der Waals surface area contributed by atoms with Crippen LogP contribution >= 0.6 is 0 Å². The van der Waals surface area contributed by atoms with E-state index < -0.39 is 0 Å². The van der Waals surface area contributed by atoms with Crippen LogP contribution in [0.25, 0.3) is 0 Å². The Bertz CT molecular complexity index is 461. The summed E-state index contributed by atoms with van der Waals surface area (Å²) in [5.74, 6) is 0. The number of hydrogen-bond donors (Lipinski definition) is 0. The van der Waals surface area contributed by atoms with Gasteiger partial charge < -0.3 is 14.5 Å². The molecular weight excluding hydrogens is 250 g/mol. The molecule has 0 aliphatic carbocycles. The van der Waals surface area contributed by atoms with Crippen molar-refractivity contribution in [2.45, 2.75) is 19.3 Å². The van der Waals surface area contributed by atoms with Gasteiger partial charge in [-0.1, -0.05) is 0 Å². The second-order valence-corrected chi connectivity index (χ2v) is 5.50. The highest BCUT2D eigenvalue weighted by atomic mass is 16.5. The summed E-state index contributed by atoms with van der Waals surface area (Å²) in [5, 5.41) is 9.27. The SMILES string of the molecule is N#Cc1cc(N2CCCCC2)cc(N2CCOCC2)c1. The van der Waals surface area contributed by atoms with Crippen LogP contribution in [-0.4, -0.2) is 39.4 Å². The Kier molecular flexibility index (Phi) is 4.08. The van der Waals surface area contributed by atoms with E-state index in [0.29, 0.717) is 0 Å². The first-order valence-corrected chi connectivity index (χ1v) is 7.50. The van der Waals surface area contributed by atoms with E-state index in [0.717, 1.165) is 50.6 Å². The summed E-state index contributed by atoms with van der Waals surface area (Å²) >= 11 is 0. The summed E-state index contributed by atoms with van der Waals surface area (Å²) in [6.45, 7) is 5.59. The van der Waals surface area contributed by atoms with Gasteiger partial charge in [0.15, 0.2) is 0 Å². The van der Waals surface area contributed by atoms with Crippen molar-refractivity contribution in [3.05, 3.63) is 23.8 Å². The topological polar surface area (TPSA) is 39.5 Å². The highest BCUT2D eigenvalue weighted by molar-refractivity contribution is 5.64. The lowest BCUT2D eigenvalue weighted by Gasteiger charge is -2.32. The Balaban J connectivity index is 1.87. The highest BCUT2D eigenvalue weighted by Gasteiger charge is 2.16. The fourth-order valence-corrected chi connectivity index (χ4v) is 3.00. The molecule has 1 aromatic carbocycles. The molecule has 0 N–H and O–H groups in total. The van der Waals surface area contributed by atoms with Gasteiger partial charge in [-0.15, -0.1) is 0 Å². The Labute approximate surface area is 120 Å². The number of nitrogens with zero attached hydrogens (tertiary/aromatic N) is 3. The van der Waals surface area contributed by atoms with Crippen molar-refractivity contribution < 1.29 is 4.74 Å². The molecule has 2 aliphatic rings. The number of rotatable bonds is 2. The number of hydrogen-bond acceptors (Lipinski definition) is 4. The number of ether oxygens (including phenoxy) is 1. The van der Waals surface area contributed by atoms with E-state index in [1.807, 2.05) is 12.1 Å². The van der Waals surface area contributed by atoms with Gasteiger partial charge in [0.1, 0.15) is 0 Å². The minimum Gasteiger partial charge on any atom is -0.378 e. The van der Waals surface area contributed by atoms with Crippen LogP contribution < -0.4 is 9.80 Å². The maximum absolute atomic E-state index is 9.27. The predicted octanol–water partition coefficient (Wildman–Crippen LogP) is 2.39. The normalized spacial score (nSPS) is 19.8. The van der Waals surface area contributed by atoms with E-state index in [1.54, 1.807) is 0 Å². The first-order valence-electron chi connectivity index (χ1n) is 7.50. The fraction of sp³-hybridized carbons (Fsp3) is 0.562. The molecular formula is C16H21N3O. The van der Waals surface area contributed by atoms with Gasteiger partial charge in [0.25, 0.3) is 0 Å². The van der Waals surface area contributed by atoms with Crippen LogP contribution in [0, 0.1) is 11.3 Å². The van der Waals surface area contributed by atoms with Gasteiger partial charge in [0.2, 0.25) is 0 Å². The van der Waals surface area contributed by atoms with Crippen molar-refractivity contribution in [2.75, 3.05) is 49.2 Å². The summed E-state index contributed by atoms with van der Waals surface area (Å²) in [6, 6.07) is 8.56. The summed E-state index contributed by atoms with van der Waals surface area (Å²) in [6.07, 6.45) is 3.83. The molecule has 0 spiro atoms. The zero-order chi connectivity index (χ0) is 13.8. The summed E-state index contributed by atoms with van der Waals surface area (Å²) in [5.41, 5.74) is 3.12. The quantitative estimate of drug-likeness (QED) is 0.828. The van der Waals surface area contributed by atoms with Crippen LogP contribution in [0.3, 0.4) is 0 Å². The van der Waals surface area contributed by atoms with Crippen molar-refractivity contribution in [3.8, 4) is 6.07 Å². The molecule has 4 nitrogen and oxygen atoms in total. The molecule has 0 aromatic heterocycles. The minimum absolute atomic E-state index is 0.759. The molecule has 0 bridgehead atoms. The van der Waals surface area contributed by atoms with Crippen LogP contribution in [0.1, 0.15) is 24.8 Å². The van der Waals surface area contributed by atoms with Gasteiger partial charge >= 0.3 is 0 Å². The van der Waals surface area contributed by atoms with Crippen molar-refractivity contribution >= 4 is 11.4 Å². The Hall–Kier alpha value is -1.73. The second kappa shape index (κ2) is 6.15. The Morgan fingerprint density at radius 1 is 0.850 bits per heavy atom. The molecule has 0 amide bonds.